The average Bonchev–Trinajstić information content (AvgIpc) is 2.72. The summed E-state index contributed by atoms with van der Waals surface area (Å²) >= 11 is 0. The summed E-state index contributed by atoms with van der Waals surface area (Å²) in [7, 11) is 0. The van der Waals surface area contributed by atoms with Crippen molar-refractivity contribution in [3.8, 4) is 5.75 Å². The fourth-order valence-electron chi connectivity index (χ4n) is 1.37. The summed E-state index contributed by atoms with van der Waals surface area (Å²) < 4.78 is 47.2. The Bertz CT molecular complexity index is 517. The summed E-state index contributed by atoms with van der Waals surface area (Å²) in [6.45, 7) is 1.85. The number of alkyl halides is 3. The molecule has 0 saturated heterocycles. The normalized spacial score (nSPS) is 11.6. The summed E-state index contributed by atoms with van der Waals surface area (Å²) in [6.07, 6.45) is -2.89. The van der Waals surface area contributed by atoms with Gasteiger partial charge in [-0.2, -0.15) is 13.2 Å². The number of halogens is 3. The van der Waals surface area contributed by atoms with Crippen LogP contribution in [0.2, 0.25) is 0 Å². The summed E-state index contributed by atoms with van der Waals surface area (Å²) in [5.74, 6) is 0.865. The van der Waals surface area contributed by atoms with Gasteiger partial charge in [-0.15, -0.1) is 0 Å². The topological polar surface area (TPSA) is 35.3 Å². The van der Waals surface area contributed by atoms with Crippen LogP contribution in [-0.4, -0.2) is 4.98 Å². The number of rotatable bonds is 3. The maximum Gasteiger partial charge on any atom is 0.416 e. The second-order valence-electron chi connectivity index (χ2n) is 3.67. The van der Waals surface area contributed by atoms with E-state index in [0.29, 0.717) is 17.3 Å². The summed E-state index contributed by atoms with van der Waals surface area (Å²) in [5.41, 5.74) is -0.112. The lowest BCUT2D eigenvalue weighted by Crippen LogP contribution is -2.04. The molecule has 1 aromatic carbocycles. The van der Waals surface area contributed by atoms with E-state index < -0.39 is 11.7 Å². The molecule has 0 aliphatic carbocycles. The Morgan fingerprint density at radius 2 is 1.89 bits per heavy atom. The minimum Gasteiger partial charge on any atom is -0.487 e. The third-order valence-electron chi connectivity index (χ3n) is 2.23. The van der Waals surface area contributed by atoms with Gasteiger partial charge in [-0.05, 0) is 24.3 Å². The molecule has 6 heteroatoms. The standard InChI is InChI=1S/C12H10F3NO2/c1-8-16-10(6-17-8)7-18-11-4-2-9(3-5-11)12(13,14)15/h2-6H,7H2,1H3. The highest BCUT2D eigenvalue weighted by atomic mass is 19.4. The van der Waals surface area contributed by atoms with E-state index in [0.717, 1.165) is 12.1 Å². The minimum atomic E-state index is -4.33. The predicted molar refractivity (Wildman–Crippen MR) is 57.0 cm³/mol. The van der Waals surface area contributed by atoms with Crippen molar-refractivity contribution in [1.82, 2.24) is 4.98 Å². The van der Waals surface area contributed by atoms with Crippen LogP contribution in [0.5, 0.6) is 5.75 Å². The molecule has 0 aliphatic heterocycles. The van der Waals surface area contributed by atoms with Crippen LogP contribution in [0.15, 0.2) is 34.9 Å². The van der Waals surface area contributed by atoms with Crippen LogP contribution in [-0.2, 0) is 12.8 Å². The predicted octanol–water partition coefficient (Wildman–Crippen LogP) is 3.58. The van der Waals surface area contributed by atoms with Crippen molar-refractivity contribution in [2.24, 2.45) is 0 Å². The SMILES string of the molecule is Cc1nc(COc2ccc(C(F)(F)F)cc2)co1. The van der Waals surface area contributed by atoms with E-state index in [-0.39, 0.29) is 6.61 Å². The Kier molecular flexibility index (Phi) is 3.27. The number of oxazole rings is 1. The van der Waals surface area contributed by atoms with E-state index in [9.17, 15) is 13.2 Å². The first kappa shape index (κ1) is 12.5. The molecule has 2 aromatic rings. The van der Waals surface area contributed by atoms with Crippen LogP contribution in [0.4, 0.5) is 13.2 Å². The quantitative estimate of drug-likeness (QED) is 0.843. The van der Waals surface area contributed by atoms with Gasteiger partial charge in [-0.1, -0.05) is 0 Å². The summed E-state index contributed by atoms with van der Waals surface area (Å²) in [5, 5.41) is 0. The highest BCUT2D eigenvalue weighted by molar-refractivity contribution is 5.28. The van der Waals surface area contributed by atoms with Gasteiger partial charge < -0.3 is 9.15 Å². The zero-order valence-electron chi connectivity index (χ0n) is 9.49. The lowest BCUT2D eigenvalue weighted by Gasteiger charge is -2.08. The van der Waals surface area contributed by atoms with E-state index in [4.69, 9.17) is 9.15 Å². The molecule has 1 heterocycles. The number of hydrogen-bond acceptors (Lipinski definition) is 3. The van der Waals surface area contributed by atoms with Crippen LogP contribution in [0.3, 0.4) is 0 Å². The molecule has 1 aromatic heterocycles. The number of hydrogen-bond donors (Lipinski definition) is 0. The summed E-state index contributed by atoms with van der Waals surface area (Å²) in [6, 6.07) is 4.50. The van der Waals surface area contributed by atoms with Gasteiger partial charge in [-0.25, -0.2) is 4.98 Å². The Labute approximate surface area is 101 Å². The van der Waals surface area contributed by atoms with E-state index in [1.165, 1.54) is 18.4 Å². The molecule has 0 unspecified atom stereocenters. The Morgan fingerprint density at radius 1 is 1.22 bits per heavy atom. The third kappa shape index (κ3) is 3.03. The number of aromatic nitrogens is 1. The number of benzene rings is 1. The van der Waals surface area contributed by atoms with Crippen molar-refractivity contribution in [3.05, 3.63) is 47.7 Å². The molecule has 3 nitrogen and oxygen atoms in total. The molecule has 96 valence electrons. The monoisotopic (exact) mass is 257 g/mol. The molecule has 0 radical (unpaired) electrons. The molecule has 0 spiro atoms. The fourth-order valence-corrected chi connectivity index (χ4v) is 1.37. The molecule has 0 amide bonds. The molecule has 0 N–H and O–H groups in total. The number of ether oxygens (including phenoxy) is 1. The van der Waals surface area contributed by atoms with Gasteiger partial charge in [0.1, 0.15) is 24.3 Å². The van der Waals surface area contributed by atoms with Gasteiger partial charge in [0.15, 0.2) is 5.89 Å². The summed E-state index contributed by atoms with van der Waals surface area (Å²) in [4.78, 5) is 4.01. The molecule has 18 heavy (non-hydrogen) atoms. The number of aryl methyl sites for hydroxylation is 1. The second-order valence-corrected chi connectivity index (χ2v) is 3.67. The van der Waals surface area contributed by atoms with Crippen LogP contribution in [0.1, 0.15) is 17.1 Å². The second kappa shape index (κ2) is 4.72. The first-order chi connectivity index (χ1) is 8.45. The lowest BCUT2D eigenvalue weighted by atomic mass is 10.2. The number of nitrogens with zero attached hydrogens (tertiary/aromatic N) is 1. The zero-order valence-corrected chi connectivity index (χ0v) is 9.49. The van der Waals surface area contributed by atoms with E-state index in [1.54, 1.807) is 6.92 Å². The van der Waals surface area contributed by atoms with Crippen LogP contribution < -0.4 is 4.74 Å². The minimum absolute atomic E-state index is 0.155. The van der Waals surface area contributed by atoms with Crippen LogP contribution in [0, 0.1) is 6.92 Å². The lowest BCUT2D eigenvalue weighted by molar-refractivity contribution is -0.137. The highest BCUT2D eigenvalue weighted by Gasteiger charge is 2.29. The maximum atomic E-state index is 12.3. The highest BCUT2D eigenvalue weighted by Crippen LogP contribution is 2.30. The van der Waals surface area contributed by atoms with Crippen molar-refractivity contribution in [2.45, 2.75) is 19.7 Å². The van der Waals surface area contributed by atoms with E-state index >= 15 is 0 Å². The Hall–Kier alpha value is -1.98. The van der Waals surface area contributed by atoms with Crippen molar-refractivity contribution >= 4 is 0 Å². The van der Waals surface area contributed by atoms with Crippen molar-refractivity contribution in [1.29, 1.82) is 0 Å². The molecule has 0 atom stereocenters. The third-order valence-corrected chi connectivity index (χ3v) is 2.23. The smallest absolute Gasteiger partial charge is 0.416 e. The van der Waals surface area contributed by atoms with Gasteiger partial charge in [0.05, 0.1) is 5.56 Å². The van der Waals surface area contributed by atoms with Gasteiger partial charge in [0.25, 0.3) is 0 Å². The van der Waals surface area contributed by atoms with Gasteiger partial charge in [-0.3, -0.25) is 0 Å². The zero-order chi connectivity index (χ0) is 13.2. The van der Waals surface area contributed by atoms with Gasteiger partial charge in [0, 0.05) is 6.92 Å². The van der Waals surface area contributed by atoms with Gasteiger partial charge in [0.2, 0.25) is 0 Å². The average molecular weight is 257 g/mol. The van der Waals surface area contributed by atoms with Crippen molar-refractivity contribution < 1.29 is 22.3 Å². The van der Waals surface area contributed by atoms with Crippen molar-refractivity contribution in [2.75, 3.05) is 0 Å². The Morgan fingerprint density at radius 3 is 2.39 bits per heavy atom. The van der Waals surface area contributed by atoms with E-state index in [1.807, 2.05) is 0 Å². The van der Waals surface area contributed by atoms with E-state index in [2.05, 4.69) is 4.98 Å². The largest absolute Gasteiger partial charge is 0.487 e. The van der Waals surface area contributed by atoms with Crippen molar-refractivity contribution in [3.63, 3.8) is 0 Å². The molecule has 0 fully saturated rings. The first-order valence-corrected chi connectivity index (χ1v) is 5.16. The fraction of sp³-hybridized carbons (Fsp3) is 0.250. The molecule has 0 saturated carbocycles. The maximum absolute atomic E-state index is 12.3. The van der Waals surface area contributed by atoms with Crippen LogP contribution >= 0.6 is 0 Å². The first-order valence-electron chi connectivity index (χ1n) is 5.16. The van der Waals surface area contributed by atoms with Crippen LogP contribution in [0.25, 0.3) is 0 Å². The molecule has 0 aliphatic rings. The Balaban J connectivity index is 1.98. The molecular formula is C12H10F3NO2. The molecule has 2 rings (SSSR count). The molecule has 0 bridgehead atoms. The molecular weight excluding hydrogens is 247 g/mol. The van der Waals surface area contributed by atoms with Gasteiger partial charge >= 0.3 is 6.18 Å².